The Morgan fingerprint density at radius 3 is 1.95 bits per heavy atom. The van der Waals surface area contributed by atoms with E-state index in [1.54, 1.807) is 0 Å². The van der Waals surface area contributed by atoms with E-state index in [4.69, 9.17) is 16.0 Å². The van der Waals surface area contributed by atoms with Crippen molar-refractivity contribution in [2.45, 2.75) is 131 Å². The maximum atomic E-state index is 12.3. The lowest BCUT2D eigenvalue weighted by atomic mass is 9.66. The summed E-state index contributed by atoms with van der Waals surface area (Å²) >= 11 is 0. The molecule has 5 saturated carbocycles. The highest BCUT2D eigenvalue weighted by Gasteiger charge is 2.51. The van der Waals surface area contributed by atoms with Gasteiger partial charge in [-0.25, -0.2) is 0 Å². The lowest BCUT2D eigenvalue weighted by Gasteiger charge is -2.46. The number of azo groups is 2. The molecule has 0 aromatic rings. The van der Waals surface area contributed by atoms with Crippen LogP contribution in [0.25, 0.3) is 0 Å². The summed E-state index contributed by atoms with van der Waals surface area (Å²) in [7, 11) is -4.39. The number of hydrogen-bond donors (Lipinski definition) is 4. The highest BCUT2D eigenvalue weighted by Crippen LogP contribution is 2.46. The summed E-state index contributed by atoms with van der Waals surface area (Å²) in [5.74, 6) is -0.466. The van der Waals surface area contributed by atoms with Gasteiger partial charge in [0.25, 0.3) is 10.1 Å². The van der Waals surface area contributed by atoms with E-state index in [-0.39, 0.29) is 54.3 Å². The molecule has 5 aliphatic rings. The molecule has 0 spiro atoms. The molecular weight excluding hydrogens is 522 g/mol. The van der Waals surface area contributed by atoms with E-state index in [0.29, 0.717) is 25.2 Å². The molecule has 5 N–H and O–H groups in total. The average molecular weight is 568 g/mol. The van der Waals surface area contributed by atoms with Gasteiger partial charge in [-0.3, -0.25) is 9.35 Å². The second-order valence-electron chi connectivity index (χ2n) is 12.9. The number of fused-ring (bicyclic) bond motifs is 2. The average Bonchev–Trinajstić information content (AvgIpc) is 2.91. The van der Waals surface area contributed by atoms with Crippen LogP contribution in [-0.4, -0.2) is 70.7 Å². The van der Waals surface area contributed by atoms with Gasteiger partial charge in [0.2, 0.25) is 0 Å². The molecule has 0 saturated heterocycles. The standard InChI is InChI=1S/C27H45N5O6S/c28-17-8-5-16-13-24(39(36,37)38)25(26(33)21(16)14-17)32-31-23-12-11-22(19-3-1-2-4-20(19)23)30-29-18-9-6-15(7-10-18)27(34)35/h15-26,33H,1-14,28H2,(H,34,35)(H,36,37,38). The zero-order valence-electron chi connectivity index (χ0n) is 22.7. The monoisotopic (exact) mass is 567 g/mol. The minimum absolute atomic E-state index is 0.0135. The number of rotatable bonds is 6. The predicted molar refractivity (Wildman–Crippen MR) is 144 cm³/mol. The predicted octanol–water partition coefficient (Wildman–Crippen LogP) is 4.00. The first-order valence-electron chi connectivity index (χ1n) is 15.0. The molecule has 10 atom stereocenters. The van der Waals surface area contributed by atoms with Gasteiger partial charge < -0.3 is 15.9 Å². The van der Waals surface area contributed by atoms with Crippen LogP contribution in [0.2, 0.25) is 0 Å². The topological polar surface area (TPSA) is 187 Å². The van der Waals surface area contributed by atoms with Crippen molar-refractivity contribution >= 4 is 16.1 Å². The maximum absolute atomic E-state index is 12.3. The van der Waals surface area contributed by atoms with Crippen molar-refractivity contribution in [1.82, 2.24) is 0 Å². The number of carboxylic acid groups (broad SMARTS) is 1. The summed E-state index contributed by atoms with van der Waals surface area (Å²) in [6.45, 7) is 0. The lowest BCUT2D eigenvalue weighted by molar-refractivity contribution is -0.142. The minimum atomic E-state index is -4.39. The molecule has 5 rings (SSSR count). The first-order chi connectivity index (χ1) is 18.6. The Bertz CT molecular complexity index is 1030. The largest absolute Gasteiger partial charge is 0.481 e. The van der Waals surface area contributed by atoms with Gasteiger partial charge in [-0.2, -0.15) is 28.9 Å². The van der Waals surface area contributed by atoms with Crippen LogP contribution in [0.4, 0.5) is 0 Å². The van der Waals surface area contributed by atoms with Crippen molar-refractivity contribution in [2.24, 2.45) is 55.8 Å². The van der Waals surface area contributed by atoms with Crippen LogP contribution in [0.3, 0.4) is 0 Å². The van der Waals surface area contributed by atoms with Gasteiger partial charge >= 0.3 is 5.97 Å². The van der Waals surface area contributed by atoms with Crippen molar-refractivity contribution < 1.29 is 28.0 Å². The van der Waals surface area contributed by atoms with Gasteiger partial charge in [0.1, 0.15) is 11.3 Å². The van der Waals surface area contributed by atoms with E-state index < -0.39 is 33.5 Å². The summed E-state index contributed by atoms with van der Waals surface area (Å²) in [6.07, 6.45) is 10.2. The first kappa shape index (κ1) is 29.0. The number of nitrogens with two attached hydrogens (primary N) is 1. The normalized spacial score (nSPS) is 45.6. The molecule has 0 radical (unpaired) electrons. The Kier molecular flexibility index (Phi) is 9.05. The highest BCUT2D eigenvalue weighted by molar-refractivity contribution is 7.86. The SMILES string of the molecule is NC1CCC2CC(S(=O)(=O)O)C(N=NC3CCC(N=NC4CCC(C(=O)O)CC4)C4CCCCC34)C(O)C2C1. The van der Waals surface area contributed by atoms with Crippen LogP contribution in [0, 0.1) is 29.6 Å². The van der Waals surface area contributed by atoms with Crippen LogP contribution < -0.4 is 5.73 Å². The molecule has 0 bridgehead atoms. The Labute approximate surface area is 231 Å². The third-order valence-electron chi connectivity index (χ3n) is 10.6. The Balaban J connectivity index is 1.26. The molecule has 10 unspecified atom stereocenters. The van der Waals surface area contributed by atoms with Gasteiger partial charge in [-0.1, -0.05) is 12.8 Å². The molecule has 0 aromatic heterocycles. The molecular formula is C27H45N5O6S. The molecule has 220 valence electrons. The molecule has 11 nitrogen and oxygen atoms in total. The molecule has 0 aromatic carbocycles. The molecule has 39 heavy (non-hydrogen) atoms. The number of hydrogen-bond acceptors (Lipinski definition) is 9. The minimum Gasteiger partial charge on any atom is -0.481 e. The Morgan fingerprint density at radius 2 is 1.36 bits per heavy atom. The zero-order valence-corrected chi connectivity index (χ0v) is 23.5. The molecule has 0 heterocycles. The second kappa shape index (κ2) is 12.2. The van der Waals surface area contributed by atoms with Crippen molar-refractivity contribution in [3.05, 3.63) is 0 Å². The smallest absolute Gasteiger partial charge is 0.306 e. The van der Waals surface area contributed by atoms with Crippen LogP contribution in [0.5, 0.6) is 0 Å². The van der Waals surface area contributed by atoms with Gasteiger partial charge in [0.05, 0.1) is 30.1 Å². The van der Waals surface area contributed by atoms with Crippen LogP contribution in [0.15, 0.2) is 20.5 Å². The number of carbonyl (C=O) groups is 1. The summed E-state index contributed by atoms with van der Waals surface area (Å²) in [5, 5.41) is 38.0. The third-order valence-corrected chi connectivity index (χ3v) is 11.8. The zero-order chi connectivity index (χ0) is 27.7. The van der Waals surface area contributed by atoms with Crippen molar-refractivity contribution in [3.63, 3.8) is 0 Å². The third kappa shape index (κ3) is 6.54. The highest BCUT2D eigenvalue weighted by atomic mass is 32.2. The van der Waals surface area contributed by atoms with Crippen LogP contribution in [-0.2, 0) is 14.9 Å². The molecule has 5 aliphatic carbocycles. The van der Waals surface area contributed by atoms with Crippen LogP contribution >= 0.6 is 0 Å². The summed E-state index contributed by atoms with van der Waals surface area (Å²) in [6, 6.07) is -0.836. The summed E-state index contributed by atoms with van der Waals surface area (Å²) < 4.78 is 34.7. The molecule has 5 fully saturated rings. The number of nitrogens with zero attached hydrogens (tertiary/aromatic N) is 4. The van der Waals surface area contributed by atoms with Crippen LogP contribution in [0.1, 0.15) is 89.9 Å². The number of carboxylic acids is 1. The molecule has 0 aliphatic heterocycles. The summed E-state index contributed by atoms with van der Waals surface area (Å²) in [5.41, 5.74) is 6.16. The van der Waals surface area contributed by atoms with Crippen molar-refractivity contribution in [2.75, 3.05) is 0 Å². The van der Waals surface area contributed by atoms with E-state index in [2.05, 4.69) is 10.2 Å². The van der Waals surface area contributed by atoms with E-state index in [1.807, 2.05) is 0 Å². The fourth-order valence-corrected chi connectivity index (χ4v) is 9.40. The summed E-state index contributed by atoms with van der Waals surface area (Å²) in [4.78, 5) is 11.2. The Morgan fingerprint density at radius 1 is 0.744 bits per heavy atom. The van der Waals surface area contributed by atoms with Gasteiger partial charge in [-0.05, 0) is 101 Å². The van der Waals surface area contributed by atoms with E-state index in [1.165, 1.54) is 0 Å². The number of aliphatic hydroxyl groups excluding tert-OH is 1. The first-order valence-corrected chi connectivity index (χ1v) is 16.5. The number of aliphatic carboxylic acids is 1. The second-order valence-corrected chi connectivity index (χ2v) is 14.5. The van der Waals surface area contributed by atoms with E-state index >= 15 is 0 Å². The van der Waals surface area contributed by atoms with E-state index in [0.717, 1.165) is 64.2 Å². The van der Waals surface area contributed by atoms with E-state index in [9.17, 15) is 28.0 Å². The maximum Gasteiger partial charge on any atom is 0.306 e. The van der Waals surface area contributed by atoms with Crippen molar-refractivity contribution in [3.8, 4) is 0 Å². The van der Waals surface area contributed by atoms with Gasteiger partial charge in [0.15, 0.2) is 0 Å². The van der Waals surface area contributed by atoms with Crippen molar-refractivity contribution in [1.29, 1.82) is 0 Å². The Hall–Kier alpha value is -1.50. The number of aliphatic hydroxyl groups is 1. The fourth-order valence-electron chi connectivity index (χ4n) is 8.35. The lowest BCUT2D eigenvalue weighted by Crippen LogP contribution is -2.55. The van der Waals surface area contributed by atoms with Gasteiger partial charge in [-0.15, -0.1) is 0 Å². The molecule has 0 amide bonds. The fraction of sp³-hybridized carbons (Fsp3) is 0.963. The molecule has 12 heteroatoms. The quantitative estimate of drug-likeness (QED) is 0.275. The van der Waals surface area contributed by atoms with Gasteiger partial charge in [0, 0.05) is 6.04 Å².